The molecule has 0 amide bonds. The molecule has 0 saturated carbocycles. The van der Waals surface area contributed by atoms with Gasteiger partial charge in [0, 0.05) is 5.56 Å². The number of fused-ring (bicyclic) bond motifs is 1. The minimum Gasteiger partial charge on any atom is -0.497 e. The Morgan fingerprint density at radius 1 is 1.12 bits per heavy atom. The number of aromatic amines is 1. The number of methoxy groups -OCH3 is 1. The van der Waals surface area contributed by atoms with Crippen molar-refractivity contribution in [2.75, 3.05) is 7.11 Å². The number of aromatic nitrogens is 5. The standard InChI is InChI=1S/C24H21N5O3S/c1-15(21-25-20-11-4-3-10-19(20)23(30)26-21)33-24-28-27-22(16-7-5-8-17(13-16)31-2)29(24)14-18-9-6-12-32-18/h3-13,15H,14H2,1-2H3,(H,25,26,30). The van der Waals surface area contributed by atoms with Gasteiger partial charge in [-0.15, -0.1) is 10.2 Å². The Labute approximate surface area is 193 Å². The molecule has 3 aromatic heterocycles. The second-order valence-electron chi connectivity index (χ2n) is 7.43. The van der Waals surface area contributed by atoms with Gasteiger partial charge in [-0.3, -0.25) is 9.36 Å². The van der Waals surface area contributed by atoms with Gasteiger partial charge in [-0.1, -0.05) is 36.0 Å². The molecule has 5 rings (SSSR count). The third kappa shape index (κ3) is 4.27. The van der Waals surface area contributed by atoms with E-state index in [4.69, 9.17) is 9.15 Å². The molecule has 0 aliphatic carbocycles. The predicted octanol–water partition coefficient (Wildman–Crippen LogP) is 4.68. The van der Waals surface area contributed by atoms with Crippen LogP contribution in [-0.4, -0.2) is 31.8 Å². The van der Waals surface area contributed by atoms with E-state index in [0.29, 0.717) is 34.3 Å². The highest BCUT2D eigenvalue weighted by molar-refractivity contribution is 7.99. The first-order valence-corrected chi connectivity index (χ1v) is 11.3. The maximum absolute atomic E-state index is 12.5. The molecule has 0 fully saturated rings. The Bertz CT molecular complexity index is 1460. The van der Waals surface area contributed by atoms with E-state index < -0.39 is 0 Å². The van der Waals surface area contributed by atoms with Crippen molar-refractivity contribution in [1.29, 1.82) is 0 Å². The molecule has 0 spiro atoms. The highest BCUT2D eigenvalue weighted by atomic mass is 32.2. The predicted molar refractivity (Wildman–Crippen MR) is 126 cm³/mol. The smallest absolute Gasteiger partial charge is 0.258 e. The Hall–Kier alpha value is -3.85. The van der Waals surface area contributed by atoms with E-state index in [1.54, 1.807) is 19.4 Å². The van der Waals surface area contributed by atoms with Gasteiger partial charge in [0.1, 0.15) is 17.3 Å². The zero-order valence-corrected chi connectivity index (χ0v) is 18.9. The minimum absolute atomic E-state index is 0.155. The summed E-state index contributed by atoms with van der Waals surface area (Å²) in [4.78, 5) is 20.1. The monoisotopic (exact) mass is 459 g/mol. The quantitative estimate of drug-likeness (QED) is 0.353. The van der Waals surface area contributed by atoms with Gasteiger partial charge in [0.05, 0.1) is 36.1 Å². The normalized spacial score (nSPS) is 12.2. The van der Waals surface area contributed by atoms with Crippen molar-refractivity contribution in [3.05, 3.63) is 88.9 Å². The topological polar surface area (TPSA) is 98.8 Å². The van der Waals surface area contributed by atoms with Crippen LogP contribution >= 0.6 is 11.8 Å². The zero-order chi connectivity index (χ0) is 22.8. The zero-order valence-electron chi connectivity index (χ0n) is 18.1. The number of thioether (sulfide) groups is 1. The number of nitrogens with zero attached hydrogens (tertiary/aromatic N) is 4. The lowest BCUT2D eigenvalue weighted by Crippen LogP contribution is -2.13. The van der Waals surface area contributed by atoms with Crippen molar-refractivity contribution in [2.45, 2.75) is 23.9 Å². The van der Waals surface area contributed by atoms with E-state index >= 15 is 0 Å². The van der Waals surface area contributed by atoms with E-state index in [1.165, 1.54) is 11.8 Å². The Morgan fingerprint density at radius 2 is 2.00 bits per heavy atom. The highest BCUT2D eigenvalue weighted by Gasteiger charge is 2.20. The molecule has 0 bridgehead atoms. The Balaban J connectivity index is 1.52. The summed E-state index contributed by atoms with van der Waals surface area (Å²) in [6.07, 6.45) is 1.64. The van der Waals surface area contributed by atoms with Crippen LogP contribution in [0.1, 0.15) is 23.8 Å². The number of hydrogen-bond acceptors (Lipinski definition) is 7. The van der Waals surface area contributed by atoms with Gasteiger partial charge >= 0.3 is 0 Å². The minimum atomic E-state index is -0.167. The molecule has 5 aromatic rings. The van der Waals surface area contributed by atoms with Gasteiger partial charge in [-0.05, 0) is 43.3 Å². The molecular weight excluding hydrogens is 438 g/mol. The first-order chi connectivity index (χ1) is 16.1. The number of para-hydroxylation sites is 1. The lowest BCUT2D eigenvalue weighted by molar-refractivity contribution is 0.415. The average molecular weight is 460 g/mol. The van der Waals surface area contributed by atoms with E-state index in [9.17, 15) is 4.79 Å². The first-order valence-electron chi connectivity index (χ1n) is 10.4. The third-order valence-corrected chi connectivity index (χ3v) is 6.33. The summed E-state index contributed by atoms with van der Waals surface area (Å²) in [5.74, 6) is 2.80. The SMILES string of the molecule is COc1cccc(-c2nnc(SC(C)c3nc4ccccc4c(=O)[nH]3)n2Cc2ccco2)c1. The molecular formula is C24H21N5O3S. The molecule has 9 heteroatoms. The molecule has 0 aliphatic rings. The molecule has 2 aromatic carbocycles. The molecule has 0 saturated heterocycles. The van der Waals surface area contributed by atoms with E-state index in [1.807, 2.05) is 66.1 Å². The lowest BCUT2D eigenvalue weighted by atomic mass is 10.2. The number of hydrogen-bond donors (Lipinski definition) is 1. The van der Waals surface area contributed by atoms with Crippen molar-refractivity contribution in [2.24, 2.45) is 0 Å². The van der Waals surface area contributed by atoms with Crippen LogP contribution in [0.15, 0.2) is 81.3 Å². The van der Waals surface area contributed by atoms with Gasteiger partial charge in [0.15, 0.2) is 11.0 Å². The van der Waals surface area contributed by atoms with E-state index in [-0.39, 0.29) is 10.8 Å². The van der Waals surface area contributed by atoms with Gasteiger partial charge in [0.25, 0.3) is 5.56 Å². The molecule has 0 radical (unpaired) electrons. The second kappa shape index (κ2) is 8.95. The van der Waals surface area contributed by atoms with Crippen LogP contribution < -0.4 is 10.3 Å². The van der Waals surface area contributed by atoms with Gasteiger partial charge in [-0.2, -0.15) is 0 Å². The number of benzene rings is 2. The number of ether oxygens (including phenoxy) is 1. The molecule has 3 heterocycles. The average Bonchev–Trinajstić information content (AvgIpc) is 3.50. The number of furan rings is 1. The van der Waals surface area contributed by atoms with E-state index in [2.05, 4.69) is 20.2 Å². The number of H-pyrrole nitrogens is 1. The second-order valence-corrected chi connectivity index (χ2v) is 8.74. The molecule has 166 valence electrons. The van der Waals surface area contributed by atoms with Crippen molar-refractivity contribution >= 4 is 22.7 Å². The molecule has 8 nitrogen and oxygen atoms in total. The fourth-order valence-corrected chi connectivity index (χ4v) is 4.47. The Morgan fingerprint density at radius 3 is 2.82 bits per heavy atom. The molecule has 1 N–H and O–H groups in total. The number of nitrogens with one attached hydrogen (secondary N) is 1. The number of rotatable bonds is 7. The summed E-state index contributed by atoms with van der Waals surface area (Å²) in [5.41, 5.74) is 1.39. The summed E-state index contributed by atoms with van der Waals surface area (Å²) >= 11 is 1.47. The summed E-state index contributed by atoms with van der Waals surface area (Å²) < 4.78 is 12.9. The summed E-state index contributed by atoms with van der Waals surface area (Å²) in [6, 6.07) is 18.8. The van der Waals surface area contributed by atoms with Crippen molar-refractivity contribution in [3.63, 3.8) is 0 Å². The van der Waals surface area contributed by atoms with Crippen LogP contribution in [0.25, 0.3) is 22.3 Å². The maximum Gasteiger partial charge on any atom is 0.258 e. The van der Waals surface area contributed by atoms with Crippen LogP contribution in [0, 0.1) is 0 Å². The summed E-state index contributed by atoms with van der Waals surface area (Å²) in [6.45, 7) is 2.44. The molecule has 33 heavy (non-hydrogen) atoms. The van der Waals surface area contributed by atoms with Gasteiger partial charge in [-0.25, -0.2) is 4.98 Å². The van der Waals surface area contributed by atoms with Gasteiger partial charge < -0.3 is 14.1 Å². The van der Waals surface area contributed by atoms with Crippen molar-refractivity contribution in [1.82, 2.24) is 24.7 Å². The molecule has 1 unspecified atom stereocenters. The van der Waals surface area contributed by atoms with Crippen LogP contribution in [0.5, 0.6) is 5.75 Å². The summed E-state index contributed by atoms with van der Waals surface area (Å²) in [7, 11) is 1.63. The fourth-order valence-electron chi connectivity index (χ4n) is 3.56. The summed E-state index contributed by atoms with van der Waals surface area (Å²) in [5, 5.41) is 10.0. The Kier molecular flexibility index (Phi) is 5.70. The fraction of sp³-hybridized carbons (Fsp3) is 0.167. The first kappa shape index (κ1) is 21.0. The third-order valence-electron chi connectivity index (χ3n) is 5.24. The van der Waals surface area contributed by atoms with Crippen molar-refractivity contribution < 1.29 is 9.15 Å². The highest BCUT2D eigenvalue weighted by Crippen LogP contribution is 2.35. The maximum atomic E-state index is 12.5. The van der Waals surface area contributed by atoms with Crippen LogP contribution in [0.2, 0.25) is 0 Å². The van der Waals surface area contributed by atoms with Crippen molar-refractivity contribution in [3.8, 4) is 17.1 Å². The largest absolute Gasteiger partial charge is 0.497 e. The van der Waals surface area contributed by atoms with Crippen LogP contribution in [-0.2, 0) is 6.54 Å². The van der Waals surface area contributed by atoms with Crippen LogP contribution in [0.4, 0.5) is 0 Å². The van der Waals surface area contributed by atoms with E-state index in [0.717, 1.165) is 17.1 Å². The lowest BCUT2D eigenvalue weighted by Gasteiger charge is -2.13. The molecule has 0 aliphatic heterocycles. The van der Waals surface area contributed by atoms with Gasteiger partial charge in [0.2, 0.25) is 0 Å². The van der Waals surface area contributed by atoms with Crippen LogP contribution in [0.3, 0.4) is 0 Å². The molecule has 1 atom stereocenters.